The maximum Gasteiger partial charge on any atom is 0.223 e. The van der Waals surface area contributed by atoms with E-state index < -0.39 is 0 Å². The normalized spacial score (nSPS) is 22.7. The zero-order valence-corrected chi connectivity index (χ0v) is 17.0. The minimum atomic E-state index is -0.0720. The van der Waals surface area contributed by atoms with Gasteiger partial charge in [-0.3, -0.25) is 9.69 Å². The minimum Gasteiger partial charge on any atom is -0.356 e. The first-order chi connectivity index (χ1) is 12.9. The molecule has 1 N–H and O–H groups in total. The van der Waals surface area contributed by atoms with Crippen LogP contribution in [0.15, 0.2) is 12.3 Å². The molecule has 7 nitrogen and oxygen atoms in total. The summed E-state index contributed by atoms with van der Waals surface area (Å²) in [6, 6.07) is 2.10. The van der Waals surface area contributed by atoms with E-state index in [1.807, 2.05) is 20.0 Å². The van der Waals surface area contributed by atoms with Crippen molar-refractivity contribution < 1.29 is 4.79 Å². The summed E-state index contributed by atoms with van der Waals surface area (Å²) in [6.07, 6.45) is 4.32. The summed E-state index contributed by atoms with van der Waals surface area (Å²) in [5.74, 6) is 1.84. The maximum absolute atomic E-state index is 11.2. The molecule has 144 valence electrons. The quantitative estimate of drug-likeness (QED) is 0.871. The van der Waals surface area contributed by atoms with Gasteiger partial charge < -0.3 is 10.2 Å². The number of carbonyl (C=O) groups excluding carboxylic acids is 1. The van der Waals surface area contributed by atoms with Crippen LogP contribution < -0.4 is 10.2 Å². The van der Waals surface area contributed by atoms with Crippen LogP contribution in [0.3, 0.4) is 0 Å². The van der Waals surface area contributed by atoms with Crippen LogP contribution in [0.25, 0.3) is 0 Å². The van der Waals surface area contributed by atoms with E-state index >= 15 is 0 Å². The highest BCUT2D eigenvalue weighted by atomic mass is 32.1. The van der Waals surface area contributed by atoms with E-state index in [4.69, 9.17) is 0 Å². The van der Waals surface area contributed by atoms with E-state index in [2.05, 4.69) is 36.1 Å². The van der Waals surface area contributed by atoms with Gasteiger partial charge in [0.05, 0.1) is 0 Å². The van der Waals surface area contributed by atoms with Crippen molar-refractivity contribution in [3.63, 3.8) is 0 Å². The highest BCUT2D eigenvalue weighted by Crippen LogP contribution is 2.41. The number of rotatable bonds is 4. The molecule has 0 radical (unpaired) electrons. The number of nitrogens with zero attached hydrogens (tertiary/aromatic N) is 5. The first-order valence-electron chi connectivity index (χ1n) is 9.43. The minimum absolute atomic E-state index is 0.0720. The van der Waals surface area contributed by atoms with Gasteiger partial charge in [-0.1, -0.05) is 0 Å². The number of likely N-dealkylation sites (tertiary alicyclic amines) is 1. The SMILES string of the molecule is CC(=O)Nc1ncc(CN2CCC3(CCN(c4cc(C)nc(C)n4)C3)C2)s1. The zero-order chi connectivity index (χ0) is 19.0. The summed E-state index contributed by atoms with van der Waals surface area (Å²) < 4.78 is 0. The molecule has 2 aromatic heterocycles. The Morgan fingerprint density at radius 3 is 2.85 bits per heavy atom. The Morgan fingerprint density at radius 1 is 1.26 bits per heavy atom. The molecule has 1 amide bonds. The smallest absolute Gasteiger partial charge is 0.223 e. The lowest BCUT2D eigenvalue weighted by molar-refractivity contribution is -0.114. The molecule has 2 saturated heterocycles. The van der Waals surface area contributed by atoms with Gasteiger partial charge in [-0.05, 0) is 33.2 Å². The maximum atomic E-state index is 11.2. The number of thiazole rings is 1. The molecule has 2 aliphatic heterocycles. The summed E-state index contributed by atoms with van der Waals surface area (Å²) in [6.45, 7) is 10.8. The van der Waals surface area contributed by atoms with Crippen molar-refractivity contribution in [3.8, 4) is 0 Å². The molecule has 8 heteroatoms. The van der Waals surface area contributed by atoms with Crippen molar-refractivity contribution in [2.75, 3.05) is 36.4 Å². The summed E-state index contributed by atoms with van der Waals surface area (Å²) in [5, 5.41) is 3.45. The first kappa shape index (κ1) is 18.3. The number of aromatic nitrogens is 3. The number of amides is 1. The molecule has 4 rings (SSSR count). The molecule has 1 atom stereocenters. The first-order valence-corrected chi connectivity index (χ1v) is 10.2. The Morgan fingerprint density at radius 2 is 2.07 bits per heavy atom. The third-order valence-electron chi connectivity index (χ3n) is 5.45. The van der Waals surface area contributed by atoms with Gasteiger partial charge >= 0.3 is 0 Å². The fraction of sp³-hybridized carbons (Fsp3) is 0.579. The van der Waals surface area contributed by atoms with Crippen molar-refractivity contribution >= 4 is 28.2 Å². The van der Waals surface area contributed by atoms with Crippen LogP contribution in [0, 0.1) is 19.3 Å². The predicted molar refractivity (Wildman–Crippen MR) is 107 cm³/mol. The van der Waals surface area contributed by atoms with E-state index in [-0.39, 0.29) is 5.91 Å². The molecule has 1 spiro atoms. The number of hydrogen-bond donors (Lipinski definition) is 1. The number of aryl methyl sites for hydroxylation is 2. The second-order valence-electron chi connectivity index (χ2n) is 7.86. The molecule has 4 heterocycles. The largest absolute Gasteiger partial charge is 0.356 e. The van der Waals surface area contributed by atoms with Gasteiger partial charge in [-0.2, -0.15) is 0 Å². The van der Waals surface area contributed by atoms with Crippen molar-refractivity contribution in [2.45, 2.75) is 40.2 Å². The number of carbonyl (C=O) groups is 1. The third kappa shape index (κ3) is 4.11. The molecule has 2 fully saturated rings. The Labute approximate surface area is 163 Å². The summed E-state index contributed by atoms with van der Waals surface area (Å²) in [7, 11) is 0. The Hall–Kier alpha value is -2.06. The Bertz CT molecular complexity index is 832. The van der Waals surface area contributed by atoms with E-state index in [9.17, 15) is 4.79 Å². The van der Waals surface area contributed by atoms with Gasteiger partial charge in [0, 0.05) is 61.4 Å². The van der Waals surface area contributed by atoms with Crippen molar-refractivity contribution in [2.24, 2.45) is 5.41 Å². The number of nitrogens with one attached hydrogen (secondary N) is 1. The highest BCUT2D eigenvalue weighted by Gasteiger charge is 2.43. The van der Waals surface area contributed by atoms with Gasteiger partial charge in [-0.15, -0.1) is 11.3 Å². The molecule has 27 heavy (non-hydrogen) atoms. The predicted octanol–water partition coefficient (Wildman–Crippen LogP) is 2.61. The fourth-order valence-corrected chi connectivity index (χ4v) is 5.20. The monoisotopic (exact) mass is 386 g/mol. The molecular weight excluding hydrogens is 360 g/mol. The third-order valence-corrected chi connectivity index (χ3v) is 6.35. The molecule has 0 aromatic carbocycles. The second-order valence-corrected chi connectivity index (χ2v) is 8.98. The highest BCUT2D eigenvalue weighted by molar-refractivity contribution is 7.15. The average molecular weight is 387 g/mol. The van der Waals surface area contributed by atoms with Crippen LogP contribution in [-0.4, -0.2) is 51.9 Å². The fourth-order valence-electron chi connectivity index (χ4n) is 4.30. The van der Waals surface area contributed by atoms with Crippen LogP contribution in [0.2, 0.25) is 0 Å². The lowest BCUT2D eigenvalue weighted by atomic mass is 9.86. The lowest BCUT2D eigenvalue weighted by Gasteiger charge is -2.25. The molecule has 0 saturated carbocycles. The average Bonchev–Trinajstić information content (AvgIpc) is 3.29. The van der Waals surface area contributed by atoms with Crippen LogP contribution in [0.4, 0.5) is 10.9 Å². The number of hydrogen-bond acceptors (Lipinski definition) is 7. The van der Waals surface area contributed by atoms with E-state index in [0.29, 0.717) is 10.5 Å². The van der Waals surface area contributed by atoms with Crippen LogP contribution in [0.5, 0.6) is 0 Å². The number of anilines is 2. The lowest BCUT2D eigenvalue weighted by Crippen LogP contribution is -2.31. The zero-order valence-electron chi connectivity index (χ0n) is 16.2. The van der Waals surface area contributed by atoms with Crippen molar-refractivity contribution in [1.29, 1.82) is 0 Å². The van der Waals surface area contributed by atoms with Crippen LogP contribution in [-0.2, 0) is 11.3 Å². The molecule has 1 unspecified atom stereocenters. The van der Waals surface area contributed by atoms with Crippen LogP contribution >= 0.6 is 11.3 Å². The summed E-state index contributed by atoms with van der Waals surface area (Å²) in [4.78, 5) is 30.6. The molecule has 2 aliphatic rings. The van der Waals surface area contributed by atoms with Gasteiger partial charge in [0.15, 0.2) is 5.13 Å². The Balaban J connectivity index is 1.37. The molecule has 2 aromatic rings. The van der Waals surface area contributed by atoms with Crippen molar-refractivity contribution in [1.82, 2.24) is 19.9 Å². The van der Waals surface area contributed by atoms with Crippen molar-refractivity contribution in [3.05, 3.63) is 28.7 Å². The van der Waals surface area contributed by atoms with Crippen LogP contribution in [0.1, 0.15) is 36.2 Å². The standard InChI is InChI=1S/C19H26N6OS/c1-13-8-17(22-14(2)21-13)25-7-5-19(12-25)4-6-24(11-19)10-16-9-20-18(27-16)23-15(3)26/h8-9H,4-7,10-12H2,1-3H3,(H,20,23,26). The van der Waals surface area contributed by atoms with Gasteiger partial charge in [0.1, 0.15) is 11.6 Å². The summed E-state index contributed by atoms with van der Waals surface area (Å²) in [5.41, 5.74) is 1.39. The summed E-state index contributed by atoms with van der Waals surface area (Å²) >= 11 is 1.57. The second kappa shape index (κ2) is 7.16. The van der Waals surface area contributed by atoms with Gasteiger partial charge in [-0.25, -0.2) is 15.0 Å². The van der Waals surface area contributed by atoms with Gasteiger partial charge in [0.25, 0.3) is 0 Å². The molecular formula is C19H26N6OS. The van der Waals surface area contributed by atoms with E-state index in [1.165, 1.54) is 24.6 Å². The molecule has 0 bridgehead atoms. The Kier molecular flexibility index (Phi) is 4.86. The van der Waals surface area contributed by atoms with Gasteiger partial charge in [0.2, 0.25) is 5.91 Å². The van der Waals surface area contributed by atoms with E-state index in [0.717, 1.165) is 50.1 Å². The molecule has 0 aliphatic carbocycles. The van der Waals surface area contributed by atoms with E-state index in [1.54, 1.807) is 11.3 Å². The topological polar surface area (TPSA) is 74.2 Å².